The summed E-state index contributed by atoms with van der Waals surface area (Å²) in [6.45, 7) is 3.01. The van der Waals surface area contributed by atoms with Gasteiger partial charge in [0.2, 0.25) is 0 Å². The molecule has 1 saturated carbocycles. The van der Waals surface area contributed by atoms with Crippen LogP contribution in [0.3, 0.4) is 0 Å². The van der Waals surface area contributed by atoms with Gasteiger partial charge in [-0.15, -0.1) is 0 Å². The van der Waals surface area contributed by atoms with Gasteiger partial charge in [0.05, 0.1) is 0 Å². The number of carbonyl (C=O) groups is 1. The highest BCUT2D eigenvalue weighted by atomic mass is 35.5. The average Bonchev–Trinajstić information content (AvgIpc) is 3.46. The van der Waals surface area contributed by atoms with Crippen molar-refractivity contribution in [2.75, 3.05) is 5.32 Å². The van der Waals surface area contributed by atoms with E-state index in [-0.39, 0.29) is 12.0 Å². The van der Waals surface area contributed by atoms with Crippen molar-refractivity contribution in [3.63, 3.8) is 0 Å². The second-order valence-electron chi connectivity index (χ2n) is 8.04. The van der Waals surface area contributed by atoms with E-state index in [1.165, 1.54) is 5.56 Å². The minimum Gasteiger partial charge on any atom is -0.444 e. The summed E-state index contributed by atoms with van der Waals surface area (Å²) < 4.78 is 5.32. The topological polar surface area (TPSA) is 64.3 Å². The molecule has 0 unspecified atom stereocenters. The number of benzene rings is 3. The number of ether oxygens (including phenoxy) is 1. The Labute approximate surface area is 182 Å². The van der Waals surface area contributed by atoms with Gasteiger partial charge in [-0.05, 0) is 58.2 Å². The lowest BCUT2D eigenvalue weighted by Gasteiger charge is -2.15. The maximum Gasteiger partial charge on any atom is 0.411 e. The van der Waals surface area contributed by atoms with Gasteiger partial charge in [0.25, 0.3) is 0 Å². The fourth-order valence-corrected chi connectivity index (χ4v) is 4.23. The molecule has 0 heterocycles. The SMILES string of the molecule is C[C@@]1(c2cccc(CN)c2)C[C@H]1c1cc(Cl)cc(NC(=O)OCc2ccccc2)c1. The van der Waals surface area contributed by atoms with E-state index < -0.39 is 6.09 Å². The summed E-state index contributed by atoms with van der Waals surface area (Å²) in [6.07, 6.45) is 0.528. The van der Waals surface area contributed by atoms with Crippen LogP contribution in [-0.2, 0) is 23.3 Å². The normalized spacial score (nSPS) is 19.9. The van der Waals surface area contributed by atoms with Crippen LogP contribution in [-0.4, -0.2) is 6.09 Å². The molecule has 1 fully saturated rings. The van der Waals surface area contributed by atoms with E-state index in [1.807, 2.05) is 48.5 Å². The number of nitrogens with two attached hydrogens (primary N) is 1. The Morgan fingerprint density at radius 3 is 2.63 bits per heavy atom. The smallest absolute Gasteiger partial charge is 0.411 e. The first-order valence-electron chi connectivity index (χ1n) is 10.1. The maximum absolute atomic E-state index is 12.2. The molecule has 5 heteroatoms. The monoisotopic (exact) mass is 420 g/mol. The van der Waals surface area contributed by atoms with Crippen molar-refractivity contribution in [3.05, 3.63) is 100 Å². The van der Waals surface area contributed by atoms with E-state index in [0.717, 1.165) is 23.1 Å². The van der Waals surface area contributed by atoms with E-state index in [2.05, 4.69) is 30.4 Å². The third-order valence-corrected chi connectivity index (χ3v) is 6.06. The largest absolute Gasteiger partial charge is 0.444 e. The molecule has 4 rings (SSSR count). The number of hydrogen-bond acceptors (Lipinski definition) is 3. The van der Waals surface area contributed by atoms with Crippen molar-refractivity contribution in [1.82, 2.24) is 0 Å². The summed E-state index contributed by atoms with van der Waals surface area (Å²) in [4.78, 5) is 12.2. The lowest BCUT2D eigenvalue weighted by atomic mass is 9.91. The van der Waals surface area contributed by atoms with Crippen LogP contribution in [0.2, 0.25) is 5.02 Å². The molecule has 3 aromatic rings. The van der Waals surface area contributed by atoms with Crippen molar-refractivity contribution in [2.45, 2.75) is 37.8 Å². The number of rotatable bonds is 6. The zero-order valence-corrected chi connectivity index (χ0v) is 17.7. The van der Waals surface area contributed by atoms with Crippen LogP contribution in [0.5, 0.6) is 0 Å². The Morgan fingerprint density at radius 1 is 1.10 bits per heavy atom. The average molecular weight is 421 g/mol. The van der Waals surface area contributed by atoms with Gasteiger partial charge in [-0.1, -0.05) is 73.1 Å². The second kappa shape index (κ2) is 8.50. The summed E-state index contributed by atoms with van der Waals surface area (Å²) in [6, 6.07) is 23.7. The predicted molar refractivity (Wildman–Crippen MR) is 121 cm³/mol. The third kappa shape index (κ3) is 4.50. The van der Waals surface area contributed by atoms with Crippen molar-refractivity contribution < 1.29 is 9.53 Å². The molecule has 3 N–H and O–H groups in total. The molecule has 2 atom stereocenters. The number of amides is 1. The molecule has 1 amide bonds. The van der Waals surface area contributed by atoms with Gasteiger partial charge in [-0.25, -0.2) is 4.79 Å². The molecule has 4 nitrogen and oxygen atoms in total. The lowest BCUT2D eigenvalue weighted by molar-refractivity contribution is 0.155. The molecular weight excluding hydrogens is 396 g/mol. The zero-order valence-electron chi connectivity index (χ0n) is 16.9. The summed E-state index contributed by atoms with van der Waals surface area (Å²) in [7, 11) is 0. The molecule has 1 aliphatic rings. The van der Waals surface area contributed by atoms with Gasteiger partial charge in [0.15, 0.2) is 0 Å². The number of carbonyl (C=O) groups excluding carboxylic acids is 1. The fraction of sp³-hybridized carbons (Fsp3) is 0.240. The molecule has 0 aliphatic heterocycles. The zero-order chi connectivity index (χ0) is 21.1. The first-order valence-corrected chi connectivity index (χ1v) is 10.4. The number of nitrogens with one attached hydrogen (secondary N) is 1. The highest BCUT2D eigenvalue weighted by molar-refractivity contribution is 6.31. The van der Waals surface area contributed by atoms with E-state index in [9.17, 15) is 4.79 Å². The molecule has 0 radical (unpaired) electrons. The summed E-state index contributed by atoms with van der Waals surface area (Å²) >= 11 is 6.36. The van der Waals surface area contributed by atoms with Crippen LogP contribution in [0.15, 0.2) is 72.8 Å². The molecule has 154 valence electrons. The van der Waals surface area contributed by atoms with Crippen molar-refractivity contribution in [1.29, 1.82) is 0 Å². The molecule has 3 aromatic carbocycles. The number of halogens is 1. The maximum atomic E-state index is 12.2. The fourth-order valence-electron chi connectivity index (χ4n) is 3.99. The van der Waals surface area contributed by atoms with Gasteiger partial charge < -0.3 is 10.5 Å². The summed E-state index contributed by atoms with van der Waals surface area (Å²) in [5.74, 6) is 0.338. The van der Waals surface area contributed by atoms with Gasteiger partial charge in [-0.3, -0.25) is 5.32 Å². The van der Waals surface area contributed by atoms with E-state index in [4.69, 9.17) is 22.1 Å². The van der Waals surface area contributed by atoms with Gasteiger partial charge in [-0.2, -0.15) is 0 Å². The molecule has 30 heavy (non-hydrogen) atoms. The standard InChI is InChI=1S/C25H25ClN2O2/c1-25(20-9-5-8-18(10-20)15-27)14-23(25)19-11-21(26)13-22(12-19)28-24(29)30-16-17-6-3-2-4-7-17/h2-13,23H,14-16,27H2,1H3,(H,28,29)/t23-,25-/m0/s1. The highest BCUT2D eigenvalue weighted by Gasteiger charge is 2.52. The van der Waals surface area contributed by atoms with Crippen molar-refractivity contribution in [3.8, 4) is 0 Å². The summed E-state index contributed by atoms with van der Waals surface area (Å²) in [5.41, 5.74) is 11.0. The Kier molecular flexibility index (Phi) is 5.80. The first kappa shape index (κ1) is 20.5. The molecule has 0 spiro atoms. The van der Waals surface area contributed by atoms with Crippen LogP contribution < -0.4 is 11.1 Å². The molecule has 0 saturated heterocycles. The predicted octanol–water partition coefficient (Wildman–Crippen LogP) is 5.99. The van der Waals surface area contributed by atoms with Crippen molar-refractivity contribution >= 4 is 23.4 Å². The molecule has 0 bridgehead atoms. The van der Waals surface area contributed by atoms with Crippen LogP contribution in [0.4, 0.5) is 10.5 Å². The quantitative estimate of drug-likeness (QED) is 0.514. The molecular formula is C25H25ClN2O2. The van der Waals surface area contributed by atoms with Crippen LogP contribution in [0.25, 0.3) is 0 Å². The van der Waals surface area contributed by atoms with Crippen LogP contribution in [0.1, 0.15) is 41.5 Å². The number of anilines is 1. The van der Waals surface area contributed by atoms with E-state index >= 15 is 0 Å². The lowest BCUT2D eigenvalue weighted by Crippen LogP contribution is -2.13. The molecule has 0 aromatic heterocycles. The van der Waals surface area contributed by atoms with E-state index in [0.29, 0.717) is 23.2 Å². The Morgan fingerprint density at radius 2 is 1.87 bits per heavy atom. The van der Waals surface area contributed by atoms with Crippen LogP contribution in [0, 0.1) is 0 Å². The Bertz CT molecular complexity index is 1050. The highest BCUT2D eigenvalue weighted by Crippen LogP contribution is 2.60. The van der Waals surface area contributed by atoms with Crippen LogP contribution >= 0.6 is 11.6 Å². The summed E-state index contributed by atoms with van der Waals surface area (Å²) in [5, 5.41) is 3.39. The third-order valence-electron chi connectivity index (χ3n) is 5.84. The van der Waals surface area contributed by atoms with Gasteiger partial charge >= 0.3 is 6.09 Å². The van der Waals surface area contributed by atoms with Gasteiger partial charge in [0, 0.05) is 17.3 Å². The minimum atomic E-state index is -0.499. The number of hydrogen-bond donors (Lipinski definition) is 2. The first-order chi connectivity index (χ1) is 14.5. The Hall–Kier alpha value is -2.82. The minimum absolute atomic E-state index is 0.0426. The van der Waals surface area contributed by atoms with Gasteiger partial charge in [0.1, 0.15) is 6.61 Å². The molecule has 1 aliphatic carbocycles. The van der Waals surface area contributed by atoms with E-state index in [1.54, 1.807) is 6.07 Å². The second-order valence-corrected chi connectivity index (χ2v) is 8.48. The van der Waals surface area contributed by atoms with Crippen molar-refractivity contribution in [2.24, 2.45) is 5.73 Å². The Balaban J connectivity index is 1.45.